The van der Waals surface area contributed by atoms with Gasteiger partial charge in [-0.1, -0.05) is 30.3 Å². The van der Waals surface area contributed by atoms with Crippen LogP contribution in [0.25, 0.3) is 0 Å². The molecule has 0 saturated carbocycles. The Morgan fingerprint density at radius 2 is 1.44 bits per heavy atom. The van der Waals surface area contributed by atoms with E-state index in [-0.39, 0.29) is 23.5 Å². The number of piperidine rings is 1. The minimum absolute atomic E-state index is 0.00453. The first-order valence-corrected chi connectivity index (χ1v) is 13.3. The fourth-order valence-corrected chi connectivity index (χ4v) is 6.46. The average molecular weight is 463 g/mol. The number of carbonyl (C=O) groups is 2. The van der Waals surface area contributed by atoms with Crippen LogP contribution in [0, 0.1) is 5.92 Å². The van der Waals surface area contributed by atoms with E-state index in [0.29, 0.717) is 45.6 Å². The van der Waals surface area contributed by atoms with Gasteiger partial charge < -0.3 is 9.80 Å². The summed E-state index contributed by atoms with van der Waals surface area (Å²) in [5.74, 6) is 0.225. The Kier molecular flexibility index (Phi) is 7.48. The monoisotopic (exact) mass is 462 g/mol. The zero-order chi connectivity index (χ0) is 22.6. The Hall–Kier alpha value is -1.97. The number of amides is 2. The first-order valence-electron chi connectivity index (χ1n) is 11.7. The normalized spacial score (nSPS) is 21.8. The lowest BCUT2D eigenvalue weighted by molar-refractivity contribution is -0.139. The van der Waals surface area contributed by atoms with Crippen molar-refractivity contribution in [3.05, 3.63) is 35.9 Å². The molecule has 0 atom stereocenters. The van der Waals surface area contributed by atoms with Crippen molar-refractivity contribution in [1.82, 2.24) is 19.0 Å². The molecular formula is C23H34N4O4S. The fourth-order valence-electron chi connectivity index (χ4n) is 4.90. The predicted octanol–water partition coefficient (Wildman–Crippen LogP) is 0.995. The third-order valence-electron chi connectivity index (χ3n) is 6.89. The molecule has 3 aliphatic rings. The van der Waals surface area contributed by atoms with Crippen molar-refractivity contribution in [2.24, 2.45) is 5.92 Å². The molecule has 2 amide bonds. The molecule has 0 radical (unpaired) electrons. The van der Waals surface area contributed by atoms with Crippen molar-refractivity contribution in [2.45, 2.75) is 31.4 Å². The van der Waals surface area contributed by atoms with Crippen molar-refractivity contribution in [3.63, 3.8) is 0 Å². The van der Waals surface area contributed by atoms with Gasteiger partial charge in [-0.15, -0.1) is 0 Å². The summed E-state index contributed by atoms with van der Waals surface area (Å²) in [6, 6.07) is 9.21. The smallest absolute Gasteiger partial charge is 0.236 e. The number of nitrogens with zero attached hydrogens (tertiary/aromatic N) is 4. The zero-order valence-corrected chi connectivity index (χ0v) is 19.5. The zero-order valence-electron chi connectivity index (χ0n) is 18.7. The van der Waals surface area contributed by atoms with E-state index in [0.717, 1.165) is 44.6 Å². The van der Waals surface area contributed by atoms with Crippen LogP contribution in [0.1, 0.15) is 31.2 Å². The molecule has 0 bridgehead atoms. The lowest BCUT2D eigenvalue weighted by Crippen LogP contribution is -2.53. The quantitative estimate of drug-likeness (QED) is 0.630. The standard InChI is InChI=1S/C23H34N4O4S/c28-22(25-10-4-5-11-25)18-24-14-16-26(17-15-24)23(29)21-8-12-27(13-9-21)32(30,31)19-20-6-2-1-3-7-20/h1-3,6-7,21H,4-5,8-19H2. The first kappa shape index (κ1) is 23.2. The Labute approximate surface area is 191 Å². The highest BCUT2D eigenvalue weighted by molar-refractivity contribution is 7.88. The van der Waals surface area contributed by atoms with Crippen LogP contribution in [0.2, 0.25) is 0 Å². The fraction of sp³-hybridized carbons (Fsp3) is 0.652. The summed E-state index contributed by atoms with van der Waals surface area (Å²) in [5.41, 5.74) is 0.784. The second kappa shape index (κ2) is 10.3. The molecule has 176 valence electrons. The molecule has 0 spiro atoms. The van der Waals surface area contributed by atoms with Crippen LogP contribution in [0.5, 0.6) is 0 Å². The van der Waals surface area contributed by atoms with Gasteiger partial charge in [0.05, 0.1) is 12.3 Å². The highest BCUT2D eigenvalue weighted by Crippen LogP contribution is 2.24. The van der Waals surface area contributed by atoms with E-state index in [1.54, 1.807) is 0 Å². The van der Waals surface area contributed by atoms with E-state index in [9.17, 15) is 18.0 Å². The minimum Gasteiger partial charge on any atom is -0.342 e. The van der Waals surface area contributed by atoms with Crippen LogP contribution in [-0.2, 0) is 25.4 Å². The predicted molar refractivity (Wildman–Crippen MR) is 122 cm³/mol. The molecule has 1 aromatic carbocycles. The van der Waals surface area contributed by atoms with Crippen LogP contribution in [0.3, 0.4) is 0 Å². The molecule has 9 heteroatoms. The van der Waals surface area contributed by atoms with Crippen LogP contribution in [0.4, 0.5) is 0 Å². The van der Waals surface area contributed by atoms with Gasteiger partial charge in [0.2, 0.25) is 21.8 Å². The van der Waals surface area contributed by atoms with E-state index in [2.05, 4.69) is 4.90 Å². The van der Waals surface area contributed by atoms with E-state index in [1.165, 1.54) is 4.31 Å². The second-order valence-corrected chi connectivity index (χ2v) is 11.1. The van der Waals surface area contributed by atoms with Crippen LogP contribution in [-0.4, -0.2) is 98.1 Å². The molecule has 4 rings (SSSR count). The molecule has 1 aromatic rings. The maximum absolute atomic E-state index is 13.0. The Morgan fingerprint density at radius 1 is 0.812 bits per heavy atom. The molecular weight excluding hydrogens is 428 g/mol. The number of carbonyl (C=O) groups excluding carboxylic acids is 2. The first-order chi connectivity index (χ1) is 15.4. The molecule has 0 unspecified atom stereocenters. The largest absolute Gasteiger partial charge is 0.342 e. The van der Waals surface area contributed by atoms with Crippen molar-refractivity contribution in [2.75, 3.05) is 58.9 Å². The van der Waals surface area contributed by atoms with Crippen LogP contribution >= 0.6 is 0 Å². The molecule has 3 saturated heterocycles. The van der Waals surface area contributed by atoms with Crippen LogP contribution < -0.4 is 0 Å². The van der Waals surface area contributed by atoms with Gasteiger partial charge in [0.1, 0.15) is 0 Å². The van der Waals surface area contributed by atoms with Gasteiger partial charge >= 0.3 is 0 Å². The topological polar surface area (TPSA) is 81.2 Å². The van der Waals surface area contributed by atoms with Crippen molar-refractivity contribution in [3.8, 4) is 0 Å². The van der Waals surface area contributed by atoms with Gasteiger partial charge in [-0.05, 0) is 31.2 Å². The number of hydrogen-bond donors (Lipinski definition) is 0. The summed E-state index contributed by atoms with van der Waals surface area (Å²) in [6.45, 7) is 5.70. The average Bonchev–Trinajstić information content (AvgIpc) is 3.35. The maximum Gasteiger partial charge on any atom is 0.236 e. The highest BCUT2D eigenvalue weighted by atomic mass is 32.2. The summed E-state index contributed by atoms with van der Waals surface area (Å²) < 4.78 is 27.0. The Balaban J connectivity index is 1.21. The molecule has 0 aromatic heterocycles. The van der Waals surface area contributed by atoms with Gasteiger partial charge in [-0.25, -0.2) is 12.7 Å². The second-order valence-electron chi connectivity index (χ2n) is 9.10. The van der Waals surface area contributed by atoms with Crippen molar-refractivity contribution >= 4 is 21.8 Å². The summed E-state index contributed by atoms with van der Waals surface area (Å²) in [4.78, 5) is 31.3. The van der Waals surface area contributed by atoms with Gasteiger partial charge in [0, 0.05) is 58.3 Å². The summed E-state index contributed by atoms with van der Waals surface area (Å²) in [6.07, 6.45) is 3.34. The van der Waals surface area contributed by atoms with Crippen molar-refractivity contribution in [1.29, 1.82) is 0 Å². The number of sulfonamides is 1. The van der Waals surface area contributed by atoms with Gasteiger partial charge in [0.25, 0.3) is 0 Å². The molecule has 3 aliphatic heterocycles. The minimum atomic E-state index is -3.37. The number of benzene rings is 1. The molecule has 3 fully saturated rings. The van der Waals surface area contributed by atoms with E-state index >= 15 is 0 Å². The summed E-state index contributed by atoms with van der Waals surface area (Å²) in [7, 11) is -3.37. The number of rotatable bonds is 6. The number of hydrogen-bond acceptors (Lipinski definition) is 5. The maximum atomic E-state index is 13.0. The van der Waals surface area contributed by atoms with E-state index < -0.39 is 10.0 Å². The third kappa shape index (κ3) is 5.68. The van der Waals surface area contributed by atoms with Crippen LogP contribution in [0.15, 0.2) is 30.3 Å². The molecule has 0 aliphatic carbocycles. The summed E-state index contributed by atoms with van der Waals surface area (Å²) >= 11 is 0. The Bertz CT molecular complexity index is 886. The lowest BCUT2D eigenvalue weighted by atomic mass is 9.96. The SMILES string of the molecule is O=C(CN1CCN(C(=O)C2CCN(S(=O)(=O)Cc3ccccc3)CC2)CC1)N1CCCC1. The van der Waals surface area contributed by atoms with Crippen molar-refractivity contribution < 1.29 is 18.0 Å². The molecule has 0 N–H and O–H groups in total. The van der Waals surface area contributed by atoms with Gasteiger partial charge in [0.15, 0.2) is 0 Å². The molecule has 32 heavy (non-hydrogen) atoms. The summed E-state index contributed by atoms with van der Waals surface area (Å²) in [5, 5.41) is 0. The number of piperazine rings is 1. The lowest BCUT2D eigenvalue weighted by Gasteiger charge is -2.38. The number of likely N-dealkylation sites (tertiary alicyclic amines) is 1. The third-order valence-corrected chi connectivity index (χ3v) is 8.74. The molecule has 3 heterocycles. The van der Waals surface area contributed by atoms with E-state index in [1.807, 2.05) is 40.1 Å². The van der Waals surface area contributed by atoms with Gasteiger partial charge in [-0.2, -0.15) is 0 Å². The Morgan fingerprint density at radius 3 is 2.06 bits per heavy atom. The highest BCUT2D eigenvalue weighted by Gasteiger charge is 2.34. The van der Waals surface area contributed by atoms with Gasteiger partial charge in [-0.3, -0.25) is 14.5 Å². The molecule has 8 nitrogen and oxygen atoms in total. The van der Waals surface area contributed by atoms with E-state index in [4.69, 9.17) is 0 Å².